The fourth-order valence-corrected chi connectivity index (χ4v) is 5.69. The van der Waals surface area contributed by atoms with Gasteiger partial charge in [-0.1, -0.05) is 69.6 Å². The summed E-state index contributed by atoms with van der Waals surface area (Å²) >= 11 is 36.1. The van der Waals surface area contributed by atoms with Crippen LogP contribution in [0.3, 0.4) is 0 Å². The molecule has 0 bridgehead atoms. The Morgan fingerprint density at radius 2 is 1.04 bits per heavy atom. The number of carbonyl (C=O) groups is 2. The van der Waals surface area contributed by atoms with Crippen LogP contribution >= 0.6 is 69.6 Å². The van der Waals surface area contributed by atoms with Crippen LogP contribution in [0.2, 0.25) is 30.1 Å². The van der Waals surface area contributed by atoms with E-state index in [2.05, 4.69) is 20.2 Å². The Labute approximate surface area is 327 Å². The van der Waals surface area contributed by atoms with E-state index in [0.717, 1.165) is 5.06 Å². The zero-order chi connectivity index (χ0) is 32.6. The van der Waals surface area contributed by atoms with Crippen molar-refractivity contribution in [2.45, 2.75) is 6.92 Å². The minimum absolute atomic E-state index is 0. The second kappa shape index (κ2) is 17.5. The molecule has 4 heterocycles. The summed E-state index contributed by atoms with van der Waals surface area (Å²) in [6.07, 6.45) is 2.94. The van der Waals surface area contributed by atoms with Crippen molar-refractivity contribution in [2.75, 3.05) is 14.2 Å². The molecule has 4 aromatic heterocycles. The summed E-state index contributed by atoms with van der Waals surface area (Å²) in [7, 11) is 2.88. The van der Waals surface area contributed by atoms with Crippen LogP contribution in [0.5, 0.6) is 0 Å². The zero-order valence-electron chi connectivity index (χ0n) is 25.5. The van der Waals surface area contributed by atoms with E-state index in [0.29, 0.717) is 69.6 Å². The van der Waals surface area contributed by atoms with Crippen LogP contribution in [0.1, 0.15) is 27.9 Å². The van der Waals surface area contributed by atoms with Crippen molar-refractivity contribution in [2.24, 2.45) is 0 Å². The maximum Gasteiger partial charge on any atom is 2.00 e. The molecule has 0 aliphatic carbocycles. The van der Waals surface area contributed by atoms with Gasteiger partial charge in [0.05, 0.1) is 29.5 Å². The molecule has 48 heavy (non-hydrogen) atoms. The fraction of sp³-hybridized carbons (Fsp3) is 0.100. The Hall–Kier alpha value is -2.42. The fourth-order valence-electron chi connectivity index (χ4n) is 4.35. The molecule has 0 radical (unpaired) electrons. The van der Waals surface area contributed by atoms with E-state index in [1.54, 1.807) is 53.0 Å². The van der Waals surface area contributed by atoms with Gasteiger partial charge in [0.1, 0.15) is 17.1 Å². The molecule has 246 valence electrons. The van der Waals surface area contributed by atoms with Gasteiger partial charge in [-0.25, -0.2) is 24.1 Å². The first-order chi connectivity index (χ1) is 21.4. The van der Waals surface area contributed by atoms with Crippen LogP contribution in [0.4, 0.5) is 0 Å². The van der Waals surface area contributed by atoms with Gasteiger partial charge >= 0.3 is 23.1 Å². The van der Waals surface area contributed by atoms with Gasteiger partial charge in [0, 0.05) is 57.3 Å². The summed E-state index contributed by atoms with van der Waals surface area (Å²) in [6.45, 7) is 1.44. The number of hydrogen-bond acceptors (Lipinski definition) is 7. The SMILES string of the molecule is CC(=O)c1nc2cc(Cl)cnn2c1-c1cc(Cl)cc(Cl)c1.CON(C)C(=O)c1nc2cc(Cl)cnn2c1-c1cc(Cl)cc(Cl)c1.[CH3-].[Cl-].[Mg+2]. The number of rotatable bonds is 5. The van der Waals surface area contributed by atoms with Gasteiger partial charge in [-0.05, 0) is 36.4 Å². The van der Waals surface area contributed by atoms with Crippen molar-refractivity contribution in [3.8, 4) is 22.5 Å². The van der Waals surface area contributed by atoms with E-state index in [9.17, 15) is 9.59 Å². The largest absolute Gasteiger partial charge is 2.00 e. The third-order valence-corrected chi connectivity index (χ3v) is 7.54. The van der Waals surface area contributed by atoms with Gasteiger partial charge in [0.25, 0.3) is 5.91 Å². The van der Waals surface area contributed by atoms with Gasteiger partial charge < -0.3 is 19.8 Å². The topological polar surface area (TPSA) is 107 Å². The average Bonchev–Trinajstić information content (AvgIpc) is 3.54. The predicted molar refractivity (Wildman–Crippen MR) is 188 cm³/mol. The third kappa shape index (κ3) is 9.02. The van der Waals surface area contributed by atoms with Crippen molar-refractivity contribution < 1.29 is 26.8 Å². The number of aromatic nitrogens is 6. The number of nitrogens with zero attached hydrogens (tertiary/aromatic N) is 7. The Kier molecular flexibility index (Phi) is 15.2. The molecule has 18 heteroatoms. The van der Waals surface area contributed by atoms with E-state index in [-0.39, 0.29) is 54.4 Å². The van der Waals surface area contributed by atoms with Crippen molar-refractivity contribution in [3.63, 3.8) is 0 Å². The van der Waals surface area contributed by atoms with Gasteiger partial charge in [0.2, 0.25) is 0 Å². The molecule has 0 unspecified atom stereocenters. The molecule has 2 aromatic carbocycles. The number of hydroxylamine groups is 2. The molecule has 0 saturated carbocycles. The Morgan fingerprint density at radius 1 is 0.667 bits per heavy atom. The first-order valence-corrected chi connectivity index (χ1v) is 15.0. The zero-order valence-corrected chi connectivity index (χ0v) is 32.2. The van der Waals surface area contributed by atoms with E-state index >= 15 is 0 Å². The summed E-state index contributed by atoms with van der Waals surface area (Å²) < 4.78 is 3.05. The van der Waals surface area contributed by atoms with Crippen LogP contribution in [0, 0.1) is 7.43 Å². The minimum Gasteiger partial charge on any atom is -1.00 e. The van der Waals surface area contributed by atoms with Crippen molar-refractivity contribution in [3.05, 3.63) is 110 Å². The van der Waals surface area contributed by atoms with Crippen LogP contribution in [-0.2, 0) is 4.84 Å². The number of hydrogen-bond donors (Lipinski definition) is 0. The number of benzene rings is 2. The number of ketones is 1. The molecule has 10 nitrogen and oxygen atoms in total. The average molecular weight is 801 g/mol. The van der Waals surface area contributed by atoms with Gasteiger partial charge in [0.15, 0.2) is 22.8 Å². The van der Waals surface area contributed by atoms with Crippen molar-refractivity contribution >= 4 is 116 Å². The number of halogens is 7. The molecule has 0 fully saturated rings. The number of imidazole rings is 2. The van der Waals surface area contributed by atoms with E-state index in [4.69, 9.17) is 74.4 Å². The first kappa shape index (κ1) is 41.7. The molecule has 0 N–H and O–H groups in total. The van der Waals surface area contributed by atoms with Gasteiger partial charge in [-0.3, -0.25) is 14.4 Å². The van der Waals surface area contributed by atoms with Crippen LogP contribution in [0.15, 0.2) is 60.9 Å². The van der Waals surface area contributed by atoms with Crippen LogP contribution in [0.25, 0.3) is 33.8 Å². The van der Waals surface area contributed by atoms with Gasteiger partial charge in [-0.15, -0.1) is 0 Å². The number of fused-ring (bicyclic) bond motifs is 2. The number of Topliss-reactive ketones (excluding diaryl/α,β-unsaturated/α-hetero) is 1. The number of carbonyl (C=O) groups excluding carboxylic acids is 2. The Morgan fingerprint density at radius 3 is 1.42 bits per heavy atom. The standard InChI is InChI=1S/C15H11Cl3N4O2.C14H8Cl3N3O.CH3.ClH.Mg/c1-21(24-2)15(23)13-14(8-3-9(16)5-10(17)4-8)22-12(20-13)6-11(18)7-19-22;1-7(21)13-14(8-2-9(15)4-10(16)3-8)20-12(19-13)5-11(17)6-18-20;;;/h3-7H,1-2H3;2-6H,1H3;1H3;1H;/q;;-1;;+2/p-1. The molecular formula is C30H22Cl7MgN7O3. The summed E-state index contributed by atoms with van der Waals surface area (Å²) in [4.78, 5) is 38.0. The number of amides is 1. The normalized spacial score (nSPS) is 10.4. The van der Waals surface area contributed by atoms with Crippen LogP contribution in [-0.4, -0.2) is 83.2 Å². The molecular weight excluding hydrogens is 779 g/mol. The summed E-state index contributed by atoms with van der Waals surface area (Å²) in [6, 6.07) is 13.2. The van der Waals surface area contributed by atoms with Crippen molar-refractivity contribution in [1.29, 1.82) is 0 Å². The minimum atomic E-state index is -0.440. The maximum absolute atomic E-state index is 12.6. The van der Waals surface area contributed by atoms with Crippen molar-refractivity contribution in [1.82, 2.24) is 34.3 Å². The smallest absolute Gasteiger partial charge is 1.00 e. The molecule has 1 amide bonds. The molecule has 0 aliphatic heterocycles. The second-order valence-corrected chi connectivity index (χ2v) is 12.0. The van der Waals surface area contributed by atoms with E-state index in [1.165, 1.54) is 38.0 Å². The second-order valence-electron chi connectivity index (χ2n) is 9.36. The molecule has 6 rings (SSSR count). The van der Waals surface area contributed by atoms with E-state index < -0.39 is 5.91 Å². The van der Waals surface area contributed by atoms with E-state index in [1.807, 2.05) is 0 Å². The third-order valence-electron chi connectivity index (χ3n) is 6.25. The Balaban J connectivity index is 0.000000316. The Bertz CT molecular complexity index is 2080. The van der Waals surface area contributed by atoms with Crippen LogP contribution < -0.4 is 12.4 Å². The summed E-state index contributed by atoms with van der Waals surface area (Å²) in [5, 5.41) is 12.1. The summed E-state index contributed by atoms with van der Waals surface area (Å²) in [5.74, 6) is -0.618. The monoisotopic (exact) mass is 797 g/mol. The van der Waals surface area contributed by atoms with Gasteiger partial charge in [-0.2, -0.15) is 10.2 Å². The molecule has 6 aromatic rings. The quantitative estimate of drug-likeness (QED) is 0.0965. The molecule has 0 saturated heterocycles. The predicted octanol–water partition coefficient (Wildman–Crippen LogP) is 5.62. The first-order valence-electron chi connectivity index (χ1n) is 12.7. The molecule has 0 spiro atoms. The maximum atomic E-state index is 12.6. The molecule has 0 atom stereocenters. The summed E-state index contributed by atoms with van der Waals surface area (Å²) in [5.41, 5.74) is 3.59. The molecule has 0 aliphatic rings.